The number of rotatable bonds is 2. The molecule has 86 valence electrons. The van der Waals surface area contributed by atoms with Gasteiger partial charge in [-0.25, -0.2) is 4.39 Å². The molecule has 2 aromatic rings. The van der Waals surface area contributed by atoms with Crippen molar-refractivity contribution in [3.05, 3.63) is 40.2 Å². The van der Waals surface area contributed by atoms with Crippen LogP contribution in [0.5, 0.6) is 0 Å². The van der Waals surface area contributed by atoms with E-state index >= 15 is 0 Å². The van der Waals surface area contributed by atoms with E-state index in [4.69, 9.17) is 0 Å². The largest absolute Gasteiger partial charge is 0.253 e. The average molecular weight is 349 g/mol. The minimum atomic E-state index is -0.228. The molecule has 0 saturated heterocycles. The maximum atomic E-state index is 13.0. The molecule has 0 unspecified atom stereocenters. The molecule has 0 bridgehead atoms. The van der Waals surface area contributed by atoms with Gasteiger partial charge in [-0.3, -0.25) is 4.98 Å². The Morgan fingerprint density at radius 1 is 1.31 bits per heavy atom. The fourth-order valence-electron chi connectivity index (χ4n) is 1.59. The highest BCUT2D eigenvalue weighted by Crippen LogP contribution is 2.24. The van der Waals surface area contributed by atoms with Gasteiger partial charge in [0.15, 0.2) is 0 Å². The summed E-state index contributed by atoms with van der Waals surface area (Å²) in [5.41, 5.74) is 1.89. The molecule has 0 fully saturated rings. The summed E-state index contributed by atoms with van der Waals surface area (Å²) in [6, 6.07) is 6.62. The van der Waals surface area contributed by atoms with Crippen molar-refractivity contribution in [1.29, 1.82) is 0 Å². The van der Waals surface area contributed by atoms with Crippen molar-refractivity contribution < 1.29 is 4.39 Å². The number of pyridine rings is 1. The van der Waals surface area contributed by atoms with Crippen molar-refractivity contribution in [3.8, 4) is 0 Å². The summed E-state index contributed by atoms with van der Waals surface area (Å²) < 4.78 is 13.9. The summed E-state index contributed by atoms with van der Waals surface area (Å²) >= 11 is 3.45. The molecule has 4 heteroatoms. The van der Waals surface area contributed by atoms with E-state index in [1.165, 1.54) is 12.1 Å². The predicted molar refractivity (Wildman–Crippen MR) is 73.7 cm³/mol. The Morgan fingerprint density at radius 2 is 2.06 bits per heavy atom. The first kappa shape index (κ1) is 13.6. The monoisotopic (exact) mass is 347 g/mol. The summed E-state index contributed by atoms with van der Waals surface area (Å²) in [4.78, 5) is 4.47. The Kier molecular flexibility index (Phi) is 4.87. The molecular formula is C12H12Br2FN. The molecule has 0 aliphatic rings. The number of aryl methyl sites for hydroxylation is 1. The molecule has 0 N–H and O–H groups in total. The zero-order valence-corrected chi connectivity index (χ0v) is 12.1. The van der Waals surface area contributed by atoms with Gasteiger partial charge in [0.2, 0.25) is 0 Å². The van der Waals surface area contributed by atoms with E-state index in [9.17, 15) is 4.39 Å². The second kappa shape index (κ2) is 5.73. The van der Waals surface area contributed by atoms with Crippen LogP contribution >= 0.6 is 32.9 Å². The highest BCUT2D eigenvalue weighted by Gasteiger charge is 2.04. The zero-order chi connectivity index (χ0) is 10.8. The van der Waals surface area contributed by atoms with E-state index < -0.39 is 0 Å². The first-order chi connectivity index (χ1) is 7.20. The van der Waals surface area contributed by atoms with Gasteiger partial charge in [0, 0.05) is 15.6 Å². The van der Waals surface area contributed by atoms with E-state index in [1.54, 1.807) is 6.07 Å². The van der Waals surface area contributed by atoms with Crippen LogP contribution in [0.25, 0.3) is 10.9 Å². The maximum Gasteiger partial charge on any atom is 0.124 e. The third-order valence-corrected chi connectivity index (χ3v) is 2.94. The van der Waals surface area contributed by atoms with Gasteiger partial charge in [-0.1, -0.05) is 29.3 Å². The Balaban J connectivity index is 0.00000128. The number of hydrogen-bond donors (Lipinski definition) is 0. The fraction of sp³-hybridized carbons (Fsp3) is 0.250. The van der Waals surface area contributed by atoms with Gasteiger partial charge in [0.25, 0.3) is 0 Å². The summed E-state index contributed by atoms with van der Waals surface area (Å²) in [6.45, 7) is 2.12. The standard InChI is InChI=1S/C12H11BrFN.BrH/c1-2-3-9-7-11(13)10-6-8(14)4-5-12(10)15-9;/h4-7H,2-3H2,1H3;1H. The van der Waals surface area contributed by atoms with Crippen LogP contribution in [0.3, 0.4) is 0 Å². The number of hydrogen-bond acceptors (Lipinski definition) is 1. The lowest BCUT2D eigenvalue weighted by Crippen LogP contribution is -1.91. The van der Waals surface area contributed by atoms with Gasteiger partial charge in [0.1, 0.15) is 5.82 Å². The minimum Gasteiger partial charge on any atom is -0.253 e. The van der Waals surface area contributed by atoms with E-state index in [0.717, 1.165) is 33.9 Å². The lowest BCUT2D eigenvalue weighted by Gasteiger charge is -2.04. The van der Waals surface area contributed by atoms with Crippen LogP contribution in [0.1, 0.15) is 19.0 Å². The maximum absolute atomic E-state index is 13.0. The number of benzene rings is 1. The van der Waals surface area contributed by atoms with Crippen LogP contribution in [0, 0.1) is 5.82 Å². The third kappa shape index (κ3) is 2.80. The first-order valence-electron chi connectivity index (χ1n) is 4.95. The van der Waals surface area contributed by atoms with Crippen molar-refractivity contribution in [3.63, 3.8) is 0 Å². The van der Waals surface area contributed by atoms with Crippen molar-refractivity contribution in [1.82, 2.24) is 4.98 Å². The van der Waals surface area contributed by atoms with E-state index in [1.807, 2.05) is 6.07 Å². The molecule has 1 nitrogen and oxygen atoms in total. The van der Waals surface area contributed by atoms with Crippen molar-refractivity contribution >= 4 is 43.8 Å². The molecular weight excluding hydrogens is 337 g/mol. The summed E-state index contributed by atoms with van der Waals surface area (Å²) in [5, 5.41) is 0.829. The number of nitrogens with zero attached hydrogens (tertiary/aromatic N) is 1. The summed E-state index contributed by atoms with van der Waals surface area (Å²) in [7, 11) is 0. The van der Waals surface area contributed by atoms with Crippen LogP contribution < -0.4 is 0 Å². The molecule has 1 aromatic carbocycles. The van der Waals surface area contributed by atoms with Gasteiger partial charge in [-0.05, 0) is 30.7 Å². The molecule has 0 saturated carbocycles. The van der Waals surface area contributed by atoms with Gasteiger partial charge in [0.05, 0.1) is 5.52 Å². The second-order valence-corrected chi connectivity index (χ2v) is 4.36. The summed E-state index contributed by atoms with van der Waals surface area (Å²) in [5.74, 6) is -0.228. The average Bonchev–Trinajstić information content (AvgIpc) is 2.20. The van der Waals surface area contributed by atoms with Crippen LogP contribution in [0.4, 0.5) is 4.39 Å². The predicted octanol–water partition coefficient (Wildman–Crippen LogP) is 4.67. The fourth-order valence-corrected chi connectivity index (χ4v) is 2.17. The van der Waals surface area contributed by atoms with E-state index in [-0.39, 0.29) is 22.8 Å². The molecule has 0 aliphatic carbocycles. The molecule has 0 spiro atoms. The van der Waals surface area contributed by atoms with Gasteiger partial charge in [-0.2, -0.15) is 0 Å². The quantitative estimate of drug-likeness (QED) is 0.768. The number of halogens is 3. The van der Waals surface area contributed by atoms with Gasteiger partial charge >= 0.3 is 0 Å². The number of aromatic nitrogens is 1. The Bertz CT molecular complexity index is 500. The first-order valence-corrected chi connectivity index (χ1v) is 5.74. The lowest BCUT2D eigenvalue weighted by atomic mass is 10.1. The Labute approximate surface area is 113 Å². The highest BCUT2D eigenvalue weighted by molar-refractivity contribution is 9.10. The molecule has 1 heterocycles. The minimum absolute atomic E-state index is 0. The van der Waals surface area contributed by atoms with Crippen LogP contribution in [-0.2, 0) is 6.42 Å². The second-order valence-electron chi connectivity index (χ2n) is 3.51. The van der Waals surface area contributed by atoms with Crippen LogP contribution in [0.15, 0.2) is 28.7 Å². The smallest absolute Gasteiger partial charge is 0.124 e. The Hall–Kier alpha value is -0.480. The third-order valence-electron chi connectivity index (χ3n) is 2.28. The van der Waals surface area contributed by atoms with Crippen LogP contribution in [0.2, 0.25) is 0 Å². The lowest BCUT2D eigenvalue weighted by molar-refractivity contribution is 0.629. The van der Waals surface area contributed by atoms with Crippen LogP contribution in [-0.4, -0.2) is 4.98 Å². The van der Waals surface area contributed by atoms with E-state index in [2.05, 4.69) is 27.8 Å². The van der Waals surface area contributed by atoms with Crippen molar-refractivity contribution in [2.24, 2.45) is 0 Å². The van der Waals surface area contributed by atoms with Crippen molar-refractivity contribution in [2.45, 2.75) is 19.8 Å². The summed E-state index contributed by atoms with van der Waals surface area (Å²) in [6.07, 6.45) is 2.01. The van der Waals surface area contributed by atoms with Gasteiger partial charge in [-0.15, -0.1) is 17.0 Å². The Morgan fingerprint density at radius 3 is 2.75 bits per heavy atom. The zero-order valence-electron chi connectivity index (χ0n) is 8.84. The molecule has 0 radical (unpaired) electrons. The highest BCUT2D eigenvalue weighted by atomic mass is 79.9. The van der Waals surface area contributed by atoms with Crippen molar-refractivity contribution in [2.75, 3.05) is 0 Å². The molecule has 0 atom stereocenters. The van der Waals surface area contributed by atoms with Gasteiger partial charge < -0.3 is 0 Å². The molecule has 0 aliphatic heterocycles. The van der Waals surface area contributed by atoms with E-state index in [0.29, 0.717) is 0 Å². The topological polar surface area (TPSA) is 12.9 Å². The molecule has 2 rings (SSSR count). The molecule has 1 aromatic heterocycles. The molecule has 0 amide bonds. The SMILES string of the molecule is Br.CCCc1cc(Br)c2cc(F)ccc2n1. The number of fused-ring (bicyclic) bond motifs is 1. The normalized spacial score (nSPS) is 10.2. The molecule has 16 heavy (non-hydrogen) atoms.